The predicted molar refractivity (Wildman–Crippen MR) is 62.2 cm³/mol. The van der Waals surface area contributed by atoms with Crippen LogP contribution in [0.3, 0.4) is 0 Å². The minimum atomic E-state index is -0.232. The van der Waals surface area contributed by atoms with Crippen LogP contribution in [-0.4, -0.2) is 15.9 Å². The van der Waals surface area contributed by atoms with Gasteiger partial charge in [-0.3, -0.25) is 15.1 Å². The minimum absolute atomic E-state index is 0.154. The zero-order valence-corrected chi connectivity index (χ0v) is 9.30. The zero-order valence-electron chi connectivity index (χ0n) is 9.30. The summed E-state index contributed by atoms with van der Waals surface area (Å²) in [6, 6.07) is 3.60. The molecule has 17 heavy (non-hydrogen) atoms. The highest BCUT2D eigenvalue weighted by Crippen LogP contribution is 2.07. The summed E-state index contributed by atoms with van der Waals surface area (Å²) in [5.74, 6) is -0.232. The van der Waals surface area contributed by atoms with E-state index in [-0.39, 0.29) is 18.3 Å². The molecule has 2 rings (SSSR count). The van der Waals surface area contributed by atoms with Crippen molar-refractivity contribution in [1.29, 1.82) is 0 Å². The van der Waals surface area contributed by atoms with Gasteiger partial charge in [-0.15, -0.1) is 0 Å². The number of carbonyl (C=O) groups is 1. The molecule has 2 heterocycles. The molecule has 88 valence electrons. The maximum absolute atomic E-state index is 11.6. The Morgan fingerprint density at radius 1 is 1.53 bits per heavy atom. The molecule has 6 nitrogen and oxygen atoms in total. The van der Waals surface area contributed by atoms with Crippen molar-refractivity contribution in [2.75, 3.05) is 11.1 Å². The molecule has 0 atom stereocenters. The van der Waals surface area contributed by atoms with Crippen LogP contribution in [0, 0.1) is 6.92 Å². The number of nitrogens with zero attached hydrogens (tertiary/aromatic N) is 2. The van der Waals surface area contributed by atoms with Crippen LogP contribution in [0.15, 0.2) is 29.0 Å². The van der Waals surface area contributed by atoms with Gasteiger partial charge in [-0.2, -0.15) is 4.98 Å². The van der Waals surface area contributed by atoms with Crippen molar-refractivity contribution in [1.82, 2.24) is 9.97 Å². The normalized spacial score (nSPS) is 10.2. The summed E-state index contributed by atoms with van der Waals surface area (Å²) in [6.07, 6.45) is 3.14. The number of aryl methyl sites for hydroxylation is 1. The van der Waals surface area contributed by atoms with E-state index in [2.05, 4.69) is 15.3 Å². The van der Waals surface area contributed by atoms with Crippen LogP contribution < -0.4 is 11.1 Å². The maximum Gasteiger partial charge on any atom is 0.301 e. The van der Waals surface area contributed by atoms with Gasteiger partial charge in [-0.05, 0) is 19.1 Å². The molecular formula is C11H12N4O2. The molecule has 0 aromatic carbocycles. The molecule has 0 aliphatic heterocycles. The van der Waals surface area contributed by atoms with Crippen LogP contribution in [0.1, 0.15) is 11.4 Å². The van der Waals surface area contributed by atoms with Gasteiger partial charge in [-0.1, -0.05) is 0 Å². The van der Waals surface area contributed by atoms with Crippen LogP contribution in [0.2, 0.25) is 0 Å². The summed E-state index contributed by atoms with van der Waals surface area (Å²) in [5, 5.41) is 2.54. The lowest BCUT2D eigenvalue weighted by molar-refractivity contribution is -0.115. The number of nitrogens with two attached hydrogens (primary N) is 1. The van der Waals surface area contributed by atoms with E-state index in [0.717, 1.165) is 0 Å². The maximum atomic E-state index is 11.6. The Hall–Kier alpha value is -2.37. The Labute approximate surface area is 97.9 Å². The van der Waals surface area contributed by atoms with Crippen molar-refractivity contribution >= 4 is 17.6 Å². The molecule has 1 amide bonds. The Kier molecular flexibility index (Phi) is 3.04. The number of carbonyl (C=O) groups excluding carboxylic acids is 1. The second-order valence-corrected chi connectivity index (χ2v) is 3.60. The van der Waals surface area contributed by atoms with E-state index in [1.54, 1.807) is 19.1 Å². The highest BCUT2D eigenvalue weighted by Gasteiger charge is 2.08. The van der Waals surface area contributed by atoms with Gasteiger partial charge >= 0.3 is 6.01 Å². The number of hydrogen-bond acceptors (Lipinski definition) is 5. The number of nitrogens with one attached hydrogen (secondary N) is 1. The number of aromatic nitrogens is 2. The predicted octanol–water partition coefficient (Wildman–Crippen LogP) is 1.14. The Morgan fingerprint density at radius 2 is 2.35 bits per heavy atom. The van der Waals surface area contributed by atoms with Gasteiger partial charge in [0.2, 0.25) is 5.91 Å². The molecule has 0 bridgehead atoms. The number of pyridine rings is 1. The fourth-order valence-electron chi connectivity index (χ4n) is 1.28. The standard InChI is InChI=1S/C11H12N4O2/c1-7-6-17-11(14-7)15-10(16)4-9-3-2-8(12)5-13-9/h2-3,5-6H,4,12H2,1H3,(H,14,15,16). The van der Waals surface area contributed by atoms with E-state index in [1.807, 2.05) is 0 Å². The second-order valence-electron chi connectivity index (χ2n) is 3.60. The van der Waals surface area contributed by atoms with Crippen LogP contribution in [0.25, 0.3) is 0 Å². The smallest absolute Gasteiger partial charge is 0.301 e. The van der Waals surface area contributed by atoms with Crippen LogP contribution in [-0.2, 0) is 11.2 Å². The van der Waals surface area contributed by atoms with Crippen LogP contribution >= 0.6 is 0 Å². The lowest BCUT2D eigenvalue weighted by atomic mass is 10.2. The SMILES string of the molecule is Cc1coc(NC(=O)Cc2ccc(N)cn2)n1. The van der Waals surface area contributed by atoms with Gasteiger partial charge in [-0.25, -0.2) is 0 Å². The average molecular weight is 232 g/mol. The molecule has 0 radical (unpaired) electrons. The molecule has 6 heteroatoms. The Morgan fingerprint density at radius 3 is 2.94 bits per heavy atom. The molecule has 0 fully saturated rings. The monoisotopic (exact) mass is 232 g/mol. The van der Waals surface area contributed by atoms with Crippen molar-refractivity contribution in [3.63, 3.8) is 0 Å². The largest absolute Gasteiger partial charge is 0.432 e. The van der Waals surface area contributed by atoms with Gasteiger partial charge in [0.05, 0.1) is 24.0 Å². The Bertz CT molecular complexity index is 519. The van der Waals surface area contributed by atoms with Gasteiger partial charge < -0.3 is 10.2 Å². The van der Waals surface area contributed by atoms with Crippen molar-refractivity contribution in [2.45, 2.75) is 13.3 Å². The topological polar surface area (TPSA) is 94.0 Å². The summed E-state index contributed by atoms with van der Waals surface area (Å²) in [7, 11) is 0. The molecule has 0 saturated heterocycles. The first-order chi connectivity index (χ1) is 8.13. The number of amides is 1. The van der Waals surface area contributed by atoms with Crippen LogP contribution in [0.5, 0.6) is 0 Å². The second kappa shape index (κ2) is 4.65. The number of rotatable bonds is 3. The number of oxazole rings is 1. The molecule has 0 aliphatic carbocycles. The minimum Gasteiger partial charge on any atom is -0.432 e. The molecule has 0 saturated carbocycles. The first kappa shape index (κ1) is 11.1. The molecule has 3 N–H and O–H groups in total. The lowest BCUT2D eigenvalue weighted by Crippen LogP contribution is -2.15. The number of nitrogen functional groups attached to an aromatic ring is 1. The molecular weight excluding hydrogens is 220 g/mol. The molecule has 2 aromatic rings. The van der Waals surface area contributed by atoms with E-state index in [9.17, 15) is 4.79 Å². The zero-order chi connectivity index (χ0) is 12.3. The van der Waals surface area contributed by atoms with Gasteiger partial charge in [0, 0.05) is 5.69 Å². The third-order valence-electron chi connectivity index (χ3n) is 2.05. The number of anilines is 2. The van der Waals surface area contributed by atoms with Crippen molar-refractivity contribution in [2.24, 2.45) is 0 Å². The quantitative estimate of drug-likeness (QED) is 0.827. The highest BCUT2D eigenvalue weighted by molar-refractivity contribution is 5.90. The molecule has 0 spiro atoms. The highest BCUT2D eigenvalue weighted by atomic mass is 16.4. The molecule has 0 unspecified atom stereocenters. The summed E-state index contributed by atoms with van der Waals surface area (Å²) >= 11 is 0. The summed E-state index contributed by atoms with van der Waals surface area (Å²) in [4.78, 5) is 19.6. The summed E-state index contributed by atoms with van der Waals surface area (Å²) in [5.41, 5.74) is 7.42. The van der Waals surface area contributed by atoms with Crippen LogP contribution in [0.4, 0.5) is 11.7 Å². The van der Waals surface area contributed by atoms with E-state index < -0.39 is 0 Å². The molecule has 2 aromatic heterocycles. The van der Waals surface area contributed by atoms with E-state index >= 15 is 0 Å². The first-order valence-corrected chi connectivity index (χ1v) is 5.06. The lowest BCUT2D eigenvalue weighted by Gasteiger charge is -2.00. The van der Waals surface area contributed by atoms with Crippen molar-refractivity contribution in [3.05, 3.63) is 36.0 Å². The van der Waals surface area contributed by atoms with E-state index in [0.29, 0.717) is 17.1 Å². The van der Waals surface area contributed by atoms with Crippen molar-refractivity contribution < 1.29 is 9.21 Å². The fraction of sp³-hybridized carbons (Fsp3) is 0.182. The van der Waals surface area contributed by atoms with Gasteiger partial charge in [0.25, 0.3) is 0 Å². The van der Waals surface area contributed by atoms with Gasteiger partial charge in [0.1, 0.15) is 6.26 Å². The van der Waals surface area contributed by atoms with Crippen molar-refractivity contribution in [3.8, 4) is 0 Å². The number of hydrogen-bond donors (Lipinski definition) is 2. The summed E-state index contributed by atoms with van der Waals surface area (Å²) < 4.78 is 5.01. The van der Waals surface area contributed by atoms with E-state index in [4.69, 9.17) is 10.2 Å². The molecule has 0 aliphatic rings. The first-order valence-electron chi connectivity index (χ1n) is 5.06. The van der Waals surface area contributed by atoms with Gasteiger partial charge in [0.15, 0.2) is 0 Å². The Balaban J connectivity index is 1.95. The average Bonchev–Trinajstić information content (AvgIpc) is 2.67. The fourth-order valence-corrected chi connectivity index (χ4v) is 1.28. The third kappa shape index (κ3) is 3.04. The van der Waals surface area contributed by atoms with E-state index in [1.165, 1.54) is 12.5 Å². The summed E-state index contributed by atoms with van der Waals surface area (Å²) in [6.45, 7) is 1.78. The third-order valence-corrected chi connectivity index (χ3v) is 2.05.